The fourth-order valence-corrected chi connectivity index (χ4v) is 2.71. The quantitative estimate of drug-likeness (QED) is 0.386. The number of esters is 1. The fraction of sp³-hybridized carbons (Fsp3) is 0.211. The third-order valence-electron chi connectivity index (χ3n) is 3.58. The van der Waals surface area contributed by atoms with Gasteiger partial charge in [0.05, 0.1) is 20.6 Å². The first-order chi connectivity index (χ1) is 12.7. The minimum atomic E-state index is -0.846. The number of carbonyl (C=O) groups excluding carboxylic acids is 3. The van der Waals surface area contributed by atoms with Crippen LogP contribution >= 0.6 is 34.8 Å². The zero-order valence-corrected chi connectivity index (χ0v) is 16.8. The van der Waals surface area contributed by atoms with E-state index in [4.69, 9.17) is 39.5 Å². The lowest BCUT2D eigenvalue weighted by Gasteiger charge is -2.10. The average molecular weight is 429 g/mol. The monoisotopic (exact) mass is 427 g/mol. The van der Waals surface area contributed by atoms with Crippen LogP contribution < -0.4 is 5.32 Å². The molecule has 1 N–H and O–H groups in total. The second-order valence-corrected chi connectivity index (χ2v) is 7.13. The van der Waals surface area contributed by atoms with Crippen LogP contribution in [-0.2, 0) is 9.53 Å². The van der Waals surface area contributed by atoms with Gasteiger partial charge in [0.2, 0.25) is 5.91 Å². The predicted molar refractivity (Wildman–Crippen MR) is 106 cm³/mol. The van der Waals surface area contributed by atoms with Crippen molar-refractivity contribution in [3.05, 3.63) is 62.6 Å². The zero-order valence-electron chi connectivity index (χ0n) is 14.5. The lowest BCUT2D eigenvalue weighted by molar-refractivity contribution is -0.118. The normalized spacial score (nSPS) is 10.6. The molecule has 0 atom stereocenters. The Labute approximate surface area is 171 Å². The van der Waals surface area contributed by atoms with Crippen LogP contribution in [0.3, 0.4) is 0 Å². The Bertz CT molecular complexity index is 879. The number of ether oxygens (including phenoxy) is 1. The van der Waals surface area contributed by atoms with Gasteiger partial charge in [-0.05, 0) is 36.4 Å². The first kappa shape index (κ1) is 21.2. The molecule has 0 aliphatic carbocycles. The Morgan fingerprint density at radius 1 is 0.963 bits per heavy atom. The Morgan fingerprint density at radius 3 is 2.15 bits per heavy atom. The molecule has 0 spiro atoms. The first-order valence-electron chi connectivity index (χ1n) is 7.95. The summed E-state index contributed by atoms with van der Waals surface area (Å²) in [7, 11) is 0. The summed E-state index contributed by atoms with van der Waals surface area (Å²) in [5.41, 5.74) is 0.804. The summed E-state index contributed by atoms with van der Waals surface area (Å²) in [6.45, 7) is 3.07. The van der Waals surface area contributed by atoms with Gasteiger partial charge in [-0.15, -0.1) is 0 Å². The maximum absolute atomic E-state index is 12.2. The molecule has 142 valence electrons. The number of ketones is 1. The Hall–Kier alpha value is -2.08. The van der Waals surface area contributed by atoms with Crippen molar-refractivity contribution in [2.24, 2.45) is 5.92 Å². The van der Waals surface area contributed by atoms with E-state index in [9.17, 15) is 14.4 Å². The molecule has 8 heteroatoms. The highest BCUT2D eigenvalue weighted by molar-refractivity contribution is 6.46. The lowest BCUT2D eigenvalue weighted by atomic mass is 10.1. The Morgan fingerprint density at radius 2 is 1.56 bits per heavy atom. The van der Waals surface area contributed by atoms with Crippen LogP contribution in [0, 0.1) is 5.92 Å². The van der Waals surface area contributed by atoms with Crippen LogP contribution in [0.4, 0.5) is 5.69 Å². The third-order valence-corrected chi connectivity index (χ3v) is 4.70. The van der Waals surface area contributed by atoms with E-state index in [2.05, 4.69) is 5.32 Å². The molecule has 0 aromatic heterocycles. The van der Waals surface area contributed by atoms with E-state index in [1.807, 2.05) is 0 Å². The van der Waals surface area contributed by atoms with Crippen LogP contribution in [0.15, 0.2) is 36.4 Å². The van der Waals surface area contributed by atoms with Gasteiger partial charge in [-0.2, -0.15) is 0 Å². The van der Waals surface area contributed by atoms with E-state index in [-0.39, 0.29) is 32.5 Å². The average Bonchev–Trinajstić information content (AvgIpc) is 2.63. The van der Waals surface area contributed by atoms with E-state index < -0.39 is 18.4 Å². The summed E-state index contributed by atoms with van der Waals surface area (Å²) >= 11 is 17.8. The van der Waals surface area contributed by atoms with Crippen molar-refractivity contribution in [3.8, 4) is 0 Å². The number of nitrogens with one attached hydrogen (secondary N) is 1. The van der Waals surface area contributed by atoms with Crippen molar-refractivity contribution < 1.29 is 19.1 Å². The van der Waals surface area contributed by atoms with Gasteiger partial charge in [0.15, 0.2) is 12.4 Å². The molecule has 0 unspecified atom stereocenters. The number of rotatable bonds is 6. The Balaban J connectivity index is 2.01. The molecule has 0 saturated carbocycles. The number of amides is 1. The largest absolute Gasteiger partial charge is 0.454 e. The first-order valence-corrected chi connectivity index (χ1v) is 9.08. The topological polar surface area (TPSA) is 72.5 Å². The third kappa shape index (κ3) is 5.45. The number of Topliss-reactive ketones (excluding diaryl/α,β-unsaturated/α-hetero) is 1. The molecule has 2 rings (SSSR count). The summed E-state index contributed by atoms with van der Waals surface area (Å²) in [5.74, 6) is -1.55. The molecular formula is C19H16Cl3NO4. The van der Waals surface area contributed by atoms with Crippen molar-refractivity contribution in [2.75, 3.05) is 11.9 Å². The lowest BCUT2D eigenvalue weighted by Crippen LogP contribution is -2.18. The number of anilines is 1. The maximum Gasteiger partial charge on any atom is 0.341 e. The number of hydrogen-bond acceptors (Lipinski definition) is 4. The highest BCUT2D eigenvalue weighted by Crippen LogP contribution is 2.31. The molecule has 0 radical (unpaired) electrons. The van der Waals surface area contributed by atoms with Gasteiger partial charge >= 0.3 is 5.97 Å². The molecule has 0 saturated heterocycles. The molecular weight excluding hydrogens is 413 g/mol. The molecule has 0 aliphatic rings. The molecule has 0 aliphatic heterocycles. The number of carbonyl (C=O) groups is 3. The SMILES string of the molecule is CC(C)C(=O)Nc1ccc(C(=O)COC(=O)c2c(Cl)ccc(Cl)c2Cl)cc1. The van der Waals surface area contributed by atoms with Crippen LogP contribution in [-0.4, -0.2) is 24.3 Å². The smallest absolute Gasteiger partial charge is 0.341 e. The highest BCUT2D eigenvalue weighted by Gasteiger charge is 2.20. The second-order valence-electron chi connectivity index (χ2n) is 5.94. The van der Waals surface area contributed by atoms with Crippen molar-refractivity contribution in [1.82, 2.24) is 0 Å². The number of benzene rings is 2. The summed E-state index contributed by atoms with van der Waals surface area (Å²) < 4.78 is 5.00. The van der Waals surface area contributed by atoms with Crippen LogP contribution in [0.2, 0.25) is 15.1 Å². The van der Waals surface area contributed by atoms with E-state index in [0.717, 1.165) is 0 Å². The molecule has 0 heterocycles. The van der Waals surface area contributed by atoms with E-state index in [0.29, 0.717) is 11.3 Å². The molecule has 1 amide bonds. The molecule has 5 nitrogen and oxygen atoms in total. The summed E-state index contributed by atoms with van der Waals surface area (Å²) in [6.07, 6.45) is 0. The summed E-state index contributed by atoms with van der Waals surface area (Å²) in [6, 6.07) is 9.13. The van der Waals surface area contributed by atoms with Gasteiger partial charge in [-0.3, -0.25) is 9.59 Å². The molecule has 2 aromatic carbocycles. The maximum atomic E-state index is 12.2. The van der Waals surface area contributed by atoms with Gasteiger partial charge in [0, 0.05) is 17.2 Å². The van der Waals surface area contributed by atoms with Gasteiger partial charge in [-0.25, -0.2) is 4.79 Å². The van der Waals surface area contributed by atoms with Gasteiger partial charge in [0.1, 0.15) is 0 Å². The van der Waals surface area contributed by atoms with Gasteiger partial charge in [0.25, 0.3) is 0 Å². The van der Waals surface area contributed by atoms with Crippen molar-refractivity contribution in [1.29, 1.82) is 0 Å². The fourth-order valence-electron chi connectivity index (χ4n) is 2.03. The van der Waals surface area contributed by atoms with Crippen LogP contribution in [0.25, 0.3) is 0 Å². The predicted octanol–water partition coefficient (Wildman–Crippen LogP) is 5.28. The summed E-state index contributed by atoms with van der Waals surface area (Å²) in [4.78, 5) is 36.0. The molecule has 27 heavy (non-hydrogen) atoms. The number of hydrogen-bond donors (Lipinski definition) is 1. The standard InChI is InChI=1S/C19H16Cl3NO4/c1-10(2)18(25)23-12-5-3-11(4-6-12)15(24)9-27-19(26)16-13(20)7-8-14(21)17(16)22/h3-8,10H,9H2,1-2H3,(H,23,25). The van der Waals surface area contributed by atoms with Crippen molar-refractivity contribution in [2.45, 2.75) is 13.8 Å². The molecule has 2 aromatic rings. The minimum Gasteiger partial charge on any atom is -0.454 e. The molecule has 0 bridgehead atoms. The zero-order chi connectivity index (χ0) is 20.1. The highest BCUT2D eigenvalue weighted by atomic mass is 35.5. The summed E-state index contributed by atoms with van der Waals surface area (Å²) in [5, 5.41) is 2.91. The number of halogens is 3. The van der Waals surface area contributed by atoms with Crippen molar-refractivity contribution >= 4 is 58.1 Å². The second kappa shape index (κ2) is 9.22. The van der Waals surface area contributed by atoms with Gasteiger partial charge in [-0.1, -0.05) is 48.7 Å². The van der Waals surface area contributed by atoms with E-state index >= 15 is 0 Å². The minimum absolute atomic E-state index is 0.0353. The van der Waals surface area contributed by atoms with Gasteiger partial charge < -0.3 is 10.1 Å². The van der Waals surface area contributed by atoms with Crippen LogP contribution in [0.1, 0.15) is 34.6 Å². The van der Waals surface area contributed by atoms with Crippen LogP contribution in [0.5, 0.6) is 0 Å². The van der Waals surface area contributed by atoms with Crippen molar-refractivity contribution in [3.63, 3.8) is 0 Å². The van der Waals surface area contributed by atoms with E-state index in [1.165, 1.54) is 24.3 Å². The van der Waals surface area contributed by atoms with E-state index in [1.54, 1.807) is 26.0 Å². The Kier molecular flexibility index (Phi) is 7.25. The molecule has 0 fully saturated rings.